The first-order valence-corrected chi connectivity index (χ1v) is 12.6. The van der Waals surface area contributed by atoms with E-state index in [0.29, 0.717) is 29.7 Å². The Hall–Kier alpha value is -4.66. The Morgan fingerprint density at radius 1 is 1.16 bits per heavy atom. The average molecular weight is 509 g/mol. The number of nitrogens with two attached hydrogens (primary N) is 1. The summed E-state index contributed by atoms with van der Waals surface area (Å²) in [6, 6.07) is 9.80. The fourth-order valence-corrected chi connectivity index (χ4v) is 4.96. The topological polar surface area (TPSA) is 128 Å². The van der Waals surface area contributed by atoms with E-state index in [-0.39, 0.29) is 12.3 Å². The fraction of sp³-hybridized carbons (Fsp3) is 0.241. The minimum absolute atomic E-state index is 0.0674. The Morgan fingerprint density at radius 2 is 2.00 bits per heavy atom. The Bertz CT molecular complexity index is 1710. The van der Waals surface area contributed by atoms with Crippen LogP contribution in [0.3, 0.4) is 0 Å². The van der Waals surface area contributed by atoms with Crippen molar-refractivity contribution < 1.29 is 14.6 Å². The third-order valence-electron chi connectivity index (χ3n) is 7.19. The molecule has 192 valence electrons. The highest BCUT2D eigenvalue weighted by molar-refractivity contribution is 5.95. The lowest BCUT2D eigenvalue weighted by Gasteiger charge is -2.16. The molecule has 38 heavy (non-hydrogen) atoms. The number of nitrogens with one attached hydrogen (secondary N) is 1. The maximum absolute atomic E-state index is 11.9. The van der Waals surface area contributed by atoms with Crippen molar-refractivity contribution in [2.45, 2.75) is 45.8 Å². The molecule has 0 bridgehead atoms. The molecule has 4 heterocycles. The second-order valence-corrected chi connectivity index (χ2v) is 9.84. The minimum Gasteiger partial charge on any atom is -0.486 e. The molecule has 0 unspecified atom stereocenters. The molecule has 4 N–H and O–H groups in total. The van der Waals surface area contributed by atoms with E-state index in [1.165, 1.54) is 24.6 Å². The fourth-order valence-electron chi connectivity index (χ4n) is 4.96. The summed E-state index contributed by atoms with van der Waals surface area (Å²) in [7, 11) is 0. The number of nitrogen functional groups attached to an aromatic ring is 1. The van der Waals surface area contributed by atoms with Crippen molar-refractivity contribution in [1.82, 2.24) is 19.4 Å². The minimum atomic E-state index is -1.11. The molecule has 5 aromatic rings. The molecule has 1 aromatic carbocycles. The zero-order valence-corrected chi connectivity index (χ0v) is 21.2. The summed E-state index contributed by atoms with van der Waals surface area (Å²) < 4.78 is 8.00. The van der Waals surface area contributed by atoms with Crippen molar-refractivity contribution in [2.75, 3.05) is 11.1 Å². The first kappa shape index (κ1) is 23.7. The van der Waals surface area contributed by atoms with Gasteiger partial charge in [-0.2, -0.15) is 0 Å². The number of ether oxygens (including phenoxy) is 1. The summed E-state index contributed by atoms with van der Waals surface area (Å²) in [5.74, 6) is 0.503. The third kappa shape index (κ3) is 4.47. The molecule has 0 amide bonds. The van der Waals surface area contributed by atoms with Crippen LogP contribution in [0.25, 0.3) is 16.4 Å². The number of pyridine rings is 3. The molecule has 6 rings (SSSR count). The van der Waals surface area contributed by atoms with Crippen LogP contribution in [-0.4, -0.2) is 30.4 Å². The van der Waals surface area contributed by atoms with Gasteiger partial charge in [-0.1, -0.05) is 6.07 Å². The van der Waals surface area contributed by atoms with Gasteiger partial charge in [0, 0.05) is 36.6 Å². The van der Waals surface area contributed by atoms with Crippen LogP contribution in [0.1, 0.15) is 57.2 Å². The van der Waals surface area contributed by atoms with Crippen LogP contribution < -0.4 is 15.8 Å². The normalized spacial score (nSPS) is 13.2. The number of nitrogens with zero attached hydrogens (tertiary/aromatic N) is 4. The highest BCUT2D eigenvalue weighted by atomic mass is 16.5. The predicted molar refractivity (Wildman–Crippen MR) is 146 cm³/mol. The summed E-state index contributed by atoms with van der Waals surface area (Å²) in [5.41, 5.74) is 12.5. The summed E-state index contributed by atoms with van der Waals surface area (Å²) in [4.78, 5) is 24.8. The molecule has 0 atom stereocenters. The van der Waals surface area contributed by atoms with Crippen LogP contribution in [0, 0.1) is 13.8 Å². The van der Waals surface area contributed by atoms with E-state index in [4.69, 9.17) is 10.5 Å². The number of fused-ring (bicyclic) bond motifs is 2. The van der Waals surface area contributed by atoms with Crippen molar-refractivity contribution in [2.24, 2.45) is 0 Å². The van der Waals surface area contributed by atoms with Crippen LogP contribution in [0.4, 0.5) is 11.5 Å². The molecule has 0 radical (unpaired) electrons. The van der Waals surface area contributed by atoms with Crippen LogP contribution in [-0.2, 0) is 13.2 Å². The molecule has 1 aliphatic rings. The van der Waals surface area contributed by atoms with Gasteiger partial charge in [-0.25, -0.2) is 19.7 Å². The van der Waals surface area contributed by atoms with Gasteiger partial charge in [-0.15, -0.1) is 0 Å². The number of hydrogen-bond donors (Lipinski definition) is 3. The highest BCUT2D eigenvalue weighted by Gasteiger charge is 2.24. The van der Waals surface area contributed by atoms with E-state index in [1.54, 1.807) is 12.3 Å². The standard InChI is InChI=1S/C29H28N6O3/c1-16-9-23-22(7-8-31-28(23)30)17(2)24(16)12-32-25-10-21(11-33-27(25)29(36)37)38-15-20-14-35-13-19(18-3-4-18)5-6-26(35)34-20/h5-11,13-14,18,32H,3-4,12,15H2,1-2H3,(H2,30,31)(H,36,37). The lowest BCUT2D eigenvalue weighted by Crippen LogP contribution is -2.11. The number of carbonyl (C=O) groups is 1. The largest absolute Gasteiger partial charge is 0.486 e. The quantitative estimate of drug-likeness (QED) is 0.260. The molecule has 1 saturated carbocycles. The number of hydrogen-bond acceptors (Lipinski definition) is 7. The second kappa shape index (κ2) is 9.33. The smallest absolute Gasteiger partial charge is 0.356 e. The molecule has 9 heteroatoms. The van der Waals surface area contributed by atoms with E-state index in [0.717, 1.165) is 38.8 Å². The number of imidazole rings is 1. The summed E-state index contributed by atoms with van der Waals surface area (Å²) in [6.45, 7) is 4.70. The third-order valence-corrected chi connectivity index (χ3v) is 7.19. The van der Waals surface area contributed by atoms with Gasteiger partial charge >= 0.3 is 5.97 Å². The first-order chi connectivity index (χ1) is 18.4. The van der Waals surface area contributed by atoms with Gasteiger partial charge in [0.15, 0.2) is 5.69 Å². The van der Waals surface area contributed by atoms with Gasteiger partial charge in [0.25, 0.3) is 0 Å². The summed E-state index contributed by atoms with van der Waals surface area (Å²) in [6.07, 6.45) is 9.72. The van der Waals surface area contributed by atoms with E-state index in [9.17, 15) is 9.90 Å². The molecule has 0 saturated heterocycles. The van der Waals surface area contributed by atoms with Gasteiger partial charge in [-0.05, 0) is 78.4 Å². The van der Waals surface area contributed by atoms with E-state index in [1.807, 2.05) is 42.6 Å². The van der Waals surface area contributed by atoms with Crippen molar-refractivity contribution in [3.05, 3.63) is 88.8 Å². The first-order valence-electron chi connectivity index (χ1n) is 12.6. The Labute approximate surface area is 219 Å². The van der Waals surface area contributed by atoms with E-state index < -0.39 is 5.97 Å². The summed E-state index contributed by atoms with van der Waals surface area (Å²) in [5, 5.41) is 14.9. The maximum atomic E-state index is 11.9. The number of aromatic nitrogens is 4. The Morgan fingerprint density at radius 3 is 2.79 bits per heavy atom. The molecule has 1 aliphatic carbocycles. The van der Waals surface area contributed by atoms with Gasteiger partial charge in [0.2, 0.25) is 0 Å². The molecule has 0 aliphatic heterocycles. The van der Waals surface area contributed by atoms with Gasteiger partial charge in [-0.3, -0.25) is 0 Å². The van der Waals surface area contributed by atoms with Gasteiger partial charge in [0.1, 0.15) is 23.8 Å². The number of aryl methyl sites for hydroxylation is 2. The Balaban J connectivity index is 1.22. The average Bonchev–Trinajstić information content (AvgIpc) is 3.67. The van der Waals surface area contributed by atoms with Gasteiger partial charge in [0.05, 0.1) is 17.6 Å². The molecule has 4 aromatic heterocycles. The molecular formula is C29H28N6O3. The molecule has 1 fully saturated rings. The predicted octanol–water partition coefficient (Wildman–Crippen LogP) is 5.24. The molecular weight excluding hydrogens is 480 g/mol. The highest BCUT2D eigenvalue weighted by Crippen LogP contribution is 2.40. The number of carboxylic acids is 1. The van der Waals surface area contributed by atoms with Crippen LogP contribution in [0.2, 0.25) is 0 Å². The van der Waals surface area contributed by atoms with Crippen molar-refractivity contribution in [3.63, 3.8) is 0 Å². The van der Waals surface area contributed by atoms with Crippen LogP contribution >= 0.6 is 0 Å². The lowest BCUT2D eigenvalue weighted by atomic mass is 9.96. The molecule has 9 nitrogen and oxygen atoms in total. The van der Waals surface area contributed by atoms with Crippen molar-refractivity contribution >= 4 is 33.9 Å². The van der Waals surface area contributed by atoms with E-state index >= 15 is 0 Å². The SMILES string of the molecule is Cc1cc2c(N)nccc2c(C)c1CNc1cc(OCc2cn3cc(C4CC4)ccc3n2)cnc1C(=O)O. The van der Waals surface area contributed by atoms with Crippen molar-refractivity contribution in [1.29, 1.82) is 0 Å². The number of aromatic carboxylic acids is 1. The summed E-state index contributed by atoms with van der Waals surface area (Å²) >= 11 is 0. The van der Waals surface area contributed by atoms with Gasteiger partial charge < -0.3 is 25.3 Å². The number of benzene rings is 1. The van der Waals surface area contributed by atoms with Crippen LogP contribution in [0.5, 0.6) is 5.75 Å². The van der Waals surface area contributed by atoms with Crippen molar-refractivity contribution in [3.8, 4) is 5.75 Å². The lowest BCUT2D eigenvalue weighted by molar-refractivity contribution is 0.0691. The van der Waals surface area contributed by atoms with Crippen LogP contribution in [0.15, 0.2) is 55.1 Å². The van der Waals surface area contributed by atoms with E-state index in [2.05, 4.69) is 32.5 Å². The number of carboxylic acid groups (broad SMARTS) is 1. The number of rotatable bonds is 8. The zero-order valence-electron chi connectivity index (χ0n) is 21.2. The second-order valence-electron chi connectivity index (χ2n) is 9.84. The zero-order chi connectivity index (χ0) is 26.4. The number of anilines is 2. The Kier molecular flexibility index (Phi) is 5.83. The molecule has 0 spiro atoms. The monoisotopic (exact) mass is 508 g/mol. The maximum Gasteiger partial charge on any atom is 0.356 e.